The topological polar surface area (TPSA) is 84.2 Å². The fourth-order valence-corrected chi connectivity index (χ4v) is 2.60. The molecule has 0 atom stereocenters. The molecule has 3 aromatic rings. The van der Waals surface area contributed by atoms with E-state index < -0.39 is 23.2 Å². The largest absolute Gasteiger partial charge is 0.416 e. The Kier molecular flexibility index (Phi) is 4.47. The van der Waals surface area contributed by atoms with Crippen molar-refractivity contribution < 1.29 is 23.2 Å². The molecule has 1 amide bonds. The number of amides is 1. The van der Waals surface area contributed by atoms with Crippen molar-refractivity contribution in [3.8, 4) is 0 Å². The second-order valence-corrected chi connectivity index (χ2v) is 5.51. The third-order valence-corrected chi connectivity index (χ3v) is 3.85. The first-order valence-electron chi connectivity index (χ1n) is 7.40. The van der Waals surface area contributed by atoms with Crippen LogP contribution >= 0.6 is 0 Å². The van der Waals surface area contributed by atoms with Crippen LogP contribution in [0.25, 0.3) is 10.9 Å². The minimum Gasteiger partial charge on any atom is -0.294 e. The Morgan fingerprint density at radius 1 is 1.19 bits per heavy atom. The van der Waals surface area contributed by atoms with Crippen LogP contribution in [0, 0.1) is 0 Å². The highest BCUT2D eigenvalue weighted by Gasteiger charge is 2.32. The Bertz CT molecular complexity index is 1040. The summed E-state index contributed by atoms with van der Waals surface area (Å²) in [5.74, 6) is -0.816. The Hall–Kier alpha value is -3.20. The second kappa shape index (κ2) is 6.60. The van der Waals surface area contributed by atoms with Crippen LogP contribution in [0.5, 0.6) is 0 Å². The van der Waals surface area contributed by atoms with E-state index in [-0.39, 0.29) is 28.6 Å². The first-order chi connectivity index (χ1) is 12.3. The van der Waals surface area contributed by atoms with E-state index in [1.807, 2.05) is 0 Å². The zero-order valence-electron chi connectivity index (χ0n) is 13.1. The lowest BCUT2D eigenvalue weighted by Gasteiger charge is -2.14. The van der Waals surface area contributed by atoms with E-state index in [4.69, 9.17) is 5.21 Å². The van der Waals surface area contributed by atoms with Crippen molar-refractivity contribution in [1.82, 2.24) is 15.0 Å². The Balaban J connectivity index is 2.09. The molecular weight excluding hydrogens is 351 g/mol. The summed E-state index contributed by atoms with van der Waals surface area (Å²) in [5.41, 5.74) is 0.247. The molecular formula is C17H12F3N3O3. The molecule has 26 heavy (non-hydrogen) atoms. The number of hydroxylamine groups is 1. The SMILES string of the molecule is O=C(NO)c1ccc2ncn(Cc3ccccc3C(F)(F)F)c(=O)c2c1. The van der Waals surface area contributed by atoms with Crippen molar-refractivity contribution in [3.63, 3.8) is 0 Å². The molecule has 3 rings (SSSR count). The van der Waals surface area contributed by atoms with Crippen molar-refractivity contribution in [2.75, 3.05) is 0 Å². The summed E-state index contributed by atoms with van der Waals surface area (Å²) in [7, 11) is 0. The normalized spacial score (nSPS) is 11.5. The van der Waals surface area contributed by atoms with Crippen LogP contribution in [0.3, 0.4) is 0 Å². The number of halogens is 3. The van der Waals surface area contributed by atoms with Gasteiger partial charge in [0.2, 0.25) is 0 Å². The van der Waals surface area contributed by atoms with Crippen molar-refractivity contribution >= 4 is 16.8 Å². The van der Waals surface area contributed by atoms with Crippen molar-refractivity contribution in [3.05, 3.63) is 75.8 Å². The number of nitrogens with one attached hydrogen (secondary N) is 1. The summed E-state index contributed by atoms with van der Waals surface area (Å²) >= 11 is 0. The van der Waals surface area contributed by atoms with Crippen molar-refractivity contribution in [1.29, 1.82) is 0 Å². The Labute approximate surface area is 144 Å². The number of alkyl halides is 3. The number of benzene rings is 2. The third-order valence-electron chi connectivity index (χ3n) is 3.85. The van der Waals surface area contributed by atoms with E-state index in [0.29, 0.717) is 0 Å². The van der Waals surface area contributed by atoms with Crippen LogP contribution in [0.15, 0.2) is 53.6 Å². The van der Waals surface area contributed by atoms with E-state index in [2.05, 4.69) is 4.98 Å². The van der Waals surface area contributed by atoms with Gasteiger partial charge in [0.25, 0.3) is 11.5 Å². The van der Waals surface area contributed by atoms with E-state index >= 15 is 0 Å². The molecule has 0 aliphatic heterocycles. The summed E-state index contributed by atoms with van der Waals surface area (Å²) in [6.07, 6.45) is -3.39. The predicted molar refractivity (Wildman–Crippen MR) is 85.8 cm³/mol. The number of carbonyl (C=O) groups is 1. The molecule has 0 saturated heterocycles. The quantitative estimate of drug-likeness (QED) is 0.553. The minimum absolute atomic E-state index is 0.0207. The number of carbonyl (C=O) groups excluding carboxylic acids is 1. The fraction of sp³-hybridized carbons (Fsp3) is 0.118. The van der Waals surface area contributed by atoms with E-state index in [9.17, 15) is 22.8 Å². The molecule has 1 aromatic heterocycles. The Morgan fingerprint density at radius 2 is 1.92 bits per heavy atom. The molecule has 1 heterocycles. The highest BCUT2D eigenvalue weighted by molar-refractivity contribution is 5.97. The molecule has 2 N–H and O–H groups in total. The molecule has 6 nitrogen and oxygen atoms in total. The van der Waals surface area contributed by atoms with Gasteiger partial charge >= 0.3 is 6.18 Å². The molecule has 134 valence electrons. The summed E-state index contributed by atoms with van der Waals surface area (Å²) in [6.45, 7) is -0.326. The number of fused-ring (bicyclic) bond motifs is 1. The minimum atomic E-state index is -4.54. The molecule has 9 heteroatoms. The van der Waals surface area contributed by atoms with Crippen LogP contribution in [-0.4, -0.2) is 20.7 Å². The van der Waals surface area contributed by atoms with Crippen molar-refractivity contribution in [2.45, 2.75) is 12.7 Å². The lowest BCUT2D eigenvalue weighted by molar-refractivity contribution is -0.138. The smallest absolute Gasteiger partial charge is 0.294 e. The van der Waals surface area contributed by atoms with Crippen LogP contribution < -0.4 is 11.0 Å². The van der Waals surface area contributed by atoms with Gasteiger partial charge in [-0.1, -0.05) is 18.2 Å². The van der Waals surface area contributed by atoms with Gasteiger partial charge in [0.15, 0.2) is 0 Å². The van der Waals surface area contributed by atoms with Crippen molar-refractivity contribution in [2.24, 2.45) is 0 Å². The molecule has 0 aliphatic carbocycles. The molecule has 0 fully saturated rings. The first-order valence-corrected chi connectivity index (χ1v) is 7.40. The first kappa shape index (κ1) is 17.6. The van der Waals surface area contributed by atoms with Gasteiger partial charge in [-0.25, -0.2) is 10.5 Å². The van der Waals surface area contributed by atoms with Gasteiger partial charge in [0.1, 0.15) is 0 Å². The van der Waals surface area contributed by atoms with Gasteiger partial charge < -0.3 is 0 Å². The standard InChI is InChI=1S/C17H12F3N3O3/c18-17(19,20)13-4-2-1-3-11(13)8-23-9-21-14-6-5-10(15(24)22-26)7-12(14)16(23)25/h1-7,9,26H,8H2,(H,22,24). The van der Waals surface area contributed by atoms with Gasteiger partial charge in [0, 0.05) is 5.56 Å². The number of nitrogens with zero attached hydrogens (tertiary/aromatic N) is 2. The molecule has 0 unspecified atom stereocenters. The lowest BCUT2D eigenvalue weighted by Crippen LogP contribution is -2.24. The highest BCUT2D eigenvalue weighted by Crippen LogP contribution is 2.32. The fourth-order valence-electron chi connectivity index (χ4n) is 2.60. The maximum atomic E-state index is 13.1. The van der Waals surface area contributed by atoms with Gasteiger partial charge in [-0.3, -0.25) is 19.4 Å². The number of aromatic nitrogens is 2. The monoisotopic (exact) mass is 363 g/mol. The number of hydrogen-bond donors (Lipinski definition) is 2. The number of hydrogen-bond acceptors (Lipinski definition) is 4. The maximum Gasteiger partial charge on any atom is 0.416 e. The van der Waals surface area contributed by atoms with Crippen LogP contribution in [0.2, 0.25) is 0 Å². The molecule has 0 spiro atoms. The molecule has 0 aliphatic rings. The predicted octanol–water partition coefficient (Wildman–Crippen LogP) is 2.58. The average molecular weight is 363 g/mol. The second-order valence-electron chi connectivity index (χ2n) is 5.51. The van der Waals surface area contributed by atoms with Gasteiger partial charge in [-0.15, -0.1) is 0 Å². The van der Waals surface area contributed by atoms with E-state index in [0.717, 1.165) is 17.0 Å². The van der Waals surface area contributed by atoms with Gasteiger partial charge in [-0.2, -0.15) is 13.2 Å². The summed E-state index contributed by atoms with van der Waals surface area (Å²) in [4.78, 5) is 28.1. The lowest BCUT2D eigenvalue weighted by atomic mass is 10.1. The molecule has 0 bridgehead atoms. The zero-order chi connectivity index (χ0) is 18.9. The van der Waals surface area contributed by atoms with Crippen LogP contribution in [0.1, 0.15) is 21.5 Å². The summed E-state index contributed by atoms with van der Waals surface area (Å²) in [5, 5.41) is 8.73. The third kappa shape index (κ3) is 3.29. The summed E-state index contributed by atoms with van der Waals surface area (Å²) in [6, 6.07) is 8.95. The highest BCUT2D eigenvalue weighted by atomic mass is 19.4. The summed E-state index contributed by atoms with van der Waals surface area (Å²) < 4.78 is 40.4. The molecule has 2 aromatic carbocycles. The molecule has 0 saturated carbocycles. The number of rotatable bonds is 3. The zero-order valence-corrected chi connectivity index (χ0v) is 13.1. The maximum absolute atomic E-state index is 13.1. The van der Waals surface area contributed by atoms with E-state index in [1.165, 1.54) is 41.9 Å². The van der Waals surface area contributed by atoms with Gasteiger partial charge in [-0.05, 0) is 29.8 Å². The van der Waals surface area contributed by atoms with Gasteiger partial charge in [0.05, 0.1) is 29.3 Å². The van der Waals surface area contributed by atoms with E-state index in [1.54, 1.807) is 0 Å². The van der Waals surface area contributed by atoms with Crippen LogP contribution in [-0.2, 0) is 12.7 Å². The van der Waals surface area contributed by atoms with Crippen LogP contribution in [0.4, 0.5) is 13.2 Å². The Morgan fingerprint density at radius 3 is 2.62 bits per heavy atom. The molecule has 0 radical (unpaired) electrons. The average Bonchev–Trinajstić information content (AvgIpc) is 2.63.